The van der Waals surface area contributed by atoms with Crippen molar-refractivity contribution in [2.24, 2.45) is 5.73 Å². The fourth-order valence-electron chi connectivity index (χ4n) is 12.3. The molecule has 0 heterocycles. The van der Waals surface area contributed by atoms with Gasteiger partial charge in [0.1, 0.15) is 6.61 Å². The highest BCUT2D eigenvalue weighted by atomic mass is 31.2. The summed E-state index contributed by atoms with van der Waals surface area (Å²) in [5.74, 6) is -0.801. The highest BCUT2D eigenvalue weighted by Crippen LogP contribution is 2.43. The third-order valence-electron chi connectivity index (χ3n) is 18.2. The first-order chi connectivity index (χ1) is 44.8. The van der Waals surface area contributed by atoms with Gasteiger partial charge in [-0.05, 0) is 51.4 Å². The predicted octanol–water partition coefficient (Wildman–Crippen LogP) is 26.8. The molecule has 3 N–H and O–H groups in total. The lowest BCUT2D eigenvalue weighted by atomic mass is 10.0. The second-order valence-electron chi connectivity index (χ2n) is 27.3. The number of phosphoric acid groups is 1. The molecule has 0 fully saturated rings. The molecule has 0 radical (unpaired) electrons. The number of carbonyl (C=O) groups is 2. The van der Waals surface area contributed by atoms with Crippen LogP contribution in [0.2, 0.25) is 0 Å². The molecular weight excluding hydrogens is 1150 g/mol. The lowest BCUT2D eigenvalue weighted by Gasteiger charge is -2.19. The molecule has 0 aliphatic rings. The van der Waals surface area contributed by atoms with Crippen LogP contribution < -0.4 is 5.73 Å². The van der Waals surface area contributed by atoms with Gasteiger partial charge >= 0.3 is 19.8 Å². The van der Waals surface area contributed by atoms with Crippen LogP contribution in [0.4, 0.5) is 0 Å². The number of rotatable bonds is 77. The van der Waals surface area contributed by atoms with Crippen molar-refractivity contribution in [3.05, 3.63) is 48.6 Å². The van der Waals surface area contributed by atoms with Crippen LogP contribution in [0.25, 0.3) is 0 Å². The summed E-state index contributed by atoms with van der Waals surface area (Å²) in [6, 6.07) is 0. The van der Waals surface area contributed by atoms with Crippen molar-refractivity contribution in [3.8, 4) is 0 Å². The van der Waals surface area contributed by atoms with Gasteiger partial charge in [0.25, 0.3) is 0 Å². The van der Waals surface area contributed by atoms with Crippen LogP contribution in [0.5, 0.6) is 0 Å². The number of hydrogen-bond donors (Lipinski definition) is 2. The Bertz CT molecular complexity index is 1630. The molecule has 0 aromatic heterocycles. The highest BCUT2D eigenvalue weighted by molar-refractivity contribution is 7.47. The van der Waals surface area contributed by atoms with Crippen molar-refractivity contribution >= 4 is 19.8 Å². The molecule has 0 amide bonds. The molecule has 91 heavy (non-hydrogen) atoms. The molecule has 0 aromatic carbocycles. The number of esters is 2. The number of nitrogens with two attached hydrogens (primary N) is 1. The van der Waals surface area contributed by atoms with E-state index in [-0.39, 0.29) is 38.6 Å². The average Bonchev–Trinajstić information content (AvgIpc) is 3.68. The first kappa shape index (κ1) is 89.0. The van der Waals surface area contributed by atoms with E-state index in [1.165, 1.54) is 334 Å². The Kier molecular flexibility index (Phi) is 75.3. The van der Waals surface area contributed by atoms with Crippen molar-refractivity contribution in [1.29, 1.82) is 0 Å². The van der Waals surface area contributed by atoms with Gasteiger partial charge in [0.2, 0.25) is 0 Å². The van der Waals surface area contributed by atoms with Crippen LogP contribution in [0, 0.1) is 0 Å². The summed E-state index contributed by atoms with van der Waals surface area (Å²) in [6.07, 6.45) is 99.8. The van der Waals surface area contributed by atoms with Crippen LogP contribution in [0.3, 0.4) is 0 Å². The van der Waals surface area contributed by atoms with Gasteiger partial charge in [0.15, 0.2) is 6.10 Å². The summed E-state index contributed by atoms with van der Waals surface area (Å²) in [7, 11) is -4.39. The average molecular weight is 1300 g/mol. The summed E-state index contributed by atoms with van der Waals surface area (Å²) in [5, 5.41) is 0. The first-order valence-corrected chi connectivity index (χ1v) is 41.6. The van der Waals surface area contributed by atoms with E-state index in [1.54, 1.807) is 0 Å². The van der Waals surface area contributed by atoms with E-state index in [0.29, 0.717) is 6.42 Å². The Morgan fingerprint density at radius 3 is 0.901 bits per heavy atom. The molecule has 2 atom stereocenters. The molecular formula is C81H154NO8P. The molecule has 2 unspecified atom stereocenters. The molecule has 10 heteroatoms. The van der Waals surface area contributed by atoms with E-state index < -0.39 is 26.5 Å². The van der Waals surface area contributed by atoms with Crippen molar-refractivity contribution in [1.82, 2.24) is 0 Å². The van der Waals surface area contributed by atoms with Crippen LogP contribution in [-0.4, -0.2) is 49.3 Å². The monoisotopic (exact) mass is 1300 g/mol. The first-order valence-electron chi connectivity index (χ1n) is 40.1. The third-order valence-corrected chi connectivity index (χ3v) is 19.2. The fourth-order valence-corrected chi connectivity index (χ4v) is 13.1. The van der Waals surface area contributed by atoms with Gasteiger partial charge in [-0.2, -0.15) is 0 Å². The highest BCUT2D eigenvalue weighted by Gasteiger charge is 2.26. The van der Waals surface area contributed by atoms with E-state index in [9.17, 15) is 19.0 Å². The Morgan fingerprint density at radius 2 is 0.604 bits per heavy atom. The van der Waals surface area contributed by atoms with Crippen LogP contribution in [-0.2, 0) is 32.7 Å². The second kappa shape index (κ2) is 77.0. The lowest BCUT2D eigenvalue weighted by Crippen LogP contribution is -2.29. The summed E-state index contributed by atoms with van der Waals surface area (Å²) in [6.45, 7) is 3.72. The zero-order chi connectivity index (χ0) is 65.8. The van der Waals surface area contributed by atoms with Gasteiger partial charge in [-0.25, -0.2) is 4.57 Å². The maximum atomic E-state index is 12.8. The number of hydrogen-bond acceptors (Lipinski definition) is 8. The second-order valence-corrected chi connectivity index (χ2v) is 28.7. The van der Waals surface area contributed by atoms with E-state index in [2.05, 4.69) is 62.5 Å². The minimum Gasteiger partial charge on any atom is -0.462 e. The number of unbranched alkanes of at least 4 members (excludes halogenated alkanes) is 56. The van der Waals surface area contributed by atoms with Crippen LogP contribution >= 0.6 is 7.82 Å². The molecule has 0 spiro atoms. The number of ether oxygens (including phenoxy) is 2. The number of phosphoric ester groups is 1. The SMILES string of the molecule is CC/C=C\C/C=C\C/C=C\C/C=C\CCCCCCCCCCCCCCCCCCCCCCCCC(=O)OC(COC(=O)CCCCCCCCCCCCCCCCCCCCCCCCCCCCCCCCCCCCC)COP(=O)(O)OCCN. The molecule has 0 saturated carbocycles. The lowest BCUT2D eigenvalue weighted by molar-refractivity contribution is -0.161. The summed E-state index contributed by atoms with van der Waals surface area (Å²) in [5.41, 5.74) is 5.42. The third kappa shape index (κ3) is 76.9. The van der Waals surface area contributed by atoms with Gasteiger partial charge in [-0.1, -0.05) is 409 Å². The van der Waals surface area contributed by atoms with Crippen molar-refractivity contribution in [2.75, 3.05) is 26.4 Å². The zero-order valence-corrected chi connectivity index (χ0v) is 61.5. The Balaban J connectivity index is 3.74. The summed E-state index contributed by atoms with van der Waals surface area (Å²) in [4.78, 5) is 35.5. The smallest absolute Gasteiger partial charge is 0.462 e. The topological polar surface area (TPSA) is 134 Å². The Hall–Kier alpha value is -2.03. The number of carbonyl (C=O) groups excluding carboxylic acids is 2. The van der Waals surface area contributed by atoms with Crippen LogP contribution in [0.15, 0.2) is 48.6 Å². The standard InChI is InChI=1S/C81H154NO8P/c1-3-5-7-9-11-13-15-17-19-21-23-25-27-29-31-33-35-37-39-41-43-45-47-49-51-53-55-57-59-61-63-65-67-69-71-73-80(83)87-77-79(78-89-91(85,86)88-76-75-82)90-81(84)74-72-70-68-66-64-62-60-58-56-54-52-50-48-46-44-42-40-38-36-34-32-30-28-26-24-22-20-18-16-14-12-10-8-6-4-2/h6,8,12,14,18,20,24,26,79H,3-5,7,9-11,13,15-17,19,21-23,25,27-78,82H2,1-2H3,(H,85,86)/b8-6-,14-12-,20-18-,26-24-. The molecule has 536 valence electrons. The molecule has 9 nitrogen and oxygen atoms in total. The van der Waals surface area contributed by atoms with Gasteiger partial charge < -0.3 is 20.1 Å². The van der Waals surface area contributed by atoms with E-state index in [0.717, 1.165) is 57.8 Å². The van der Waals surface area contributed by atoms with Gasteiger partial charge in [0, 0.05) is 19.4 Å². The summed E-state index contributed by atoms with van der Waals surface area (Å²) < 4.78 is 33.3. The van der Waals surface area contributed by atoms with Crippen LogP contribution in [0.1, 0.15) is 425 Å². The minimum absolute atomic E-state index is 0.0563. The quantitative estimate of drug-likeness (QED) is 0.0264. The molecule has 0 aliphatic carbocycles. The van der Waals surface area contributed by atoms with Gasteiger partial charge in [-0.3, -0.25) is 18.6 Å². The predicted molar refractivity (Wildman–Crippen MR) is 395 cm³/mol. The summed E-state index contributed by atoms with van der Waals surface area (Å²) >= 11 is 0. The molecule has 0 saturated heterocycles. The maximum absolute atomic E-state index is 12.8. The molecule has 0 aliphatic heterocycles. The molecule has 0 bridgehead atoms. The molecule has 0 rings (SSSR count). The van der Waals surface area contributed by atoms with E-state index in [4.69, 9.17) is 24.3 Å². The number of allylic oxidation sites excluding steroid dienone is 8. The van der Waals surface area contributed by atoms with E-state index in [1.807, 2.05) is 0 Å². The fraction of sp³-hybridized carbons (Fsp3) is 0.877. The Labute approximate surface area is 566 Å². The van der Waals surface area contributed by atoms with Crippen molar-refractivity contribution < 1.29 is 37.6 Å². The van der Waals surface area contributed by atoms with Crippen molar-refractivity contribution in [3.63, 3.8) is 0 Å². The maximum Gasteiger partial charge on any atom is 0.472 e. The van der Waals surface area contributed by atoms with Gasteiger partial charge in [0.05, 0.1) is 13.2 Å². The normalized spacial score (nSPS) is 13.1. The largest absolute Gasteiger partial charge is 0.472 e. The van der Waals surface area contributed by atoms with Crippen molar-refractivity contribution in [2.45, 2.75) is 431 Å². The molecule has 0 aromatic rings. The van der Waals surface area contributed by atoms with Gasteiger partial charge in [-0.15, -0.1) is 0 Å². The zero-order valence-electron chi connectivity index (χ0n) is 60.6. The Morgan fingerprint density at radius 1 is 0.341 bits per heavy atom. The minimum atomic E-state index is -4.39. The van der Waals surface area contributed by atoms with E-state index >= 15 is 0 Å².